The largest absolute Gasteiger partial charge is 0.486 e. The fourth-order valence-electron chi connectivity index (χ4n) is 3.17. The van der Waals surface area contributed by atoms with Crippen molar-refractivity contribution < 1.29 is 33.2 Å². The molecule has 1 heterocycles. The maximum atomic E-state index is 11.8. The zero-order valence-corrected chi connectivity index (χ0v) is 19.3. The number of hydrogen-bond acceptors (Lipinski definition) is 7. The van der Waals surface area contributed by atoms with Crippen LogP contribution in [0.2, 0.25) is 0 Å². The van der Waals surface area contributed by atoms with E-state index in [4.69, 9.17) is 18.8 Å². The molecule has 30 heavy (non-hydrogen) atoms. The minimum absolute atomic E-state index is 0.0593. The van der Waals surface area contributed by atoms with Crippen LogP contribution in [0.3, 0.4) is 0 Å². The summed E-state index contributed by atoms with van der Waals surface area (Å²) in [6.45, 7) is 13.8. The average molecular weight is 422 g/mol. The molecule has 0 bridgehead atoms. The Morgan fingerprint density at radius 1 is 0.867 bits per heavy atom. The third kappa shape index (κ3) is 5.14. The number of hydrogen-bond donors (Lipinski definition) is 0. The van der Waals surface area contributed by atoms with Crippen LogP contribution in [0, 0.1) is 10.8 Å². The highest BCUT2D eigenvalue weighted by Crippen LogP contribution is 2.49. The molecule has 2 saturated carbocycles. The molecular formula is C22H35BO7. The molecule has 0 aromatic carbocycles. The lowest BCUT2D eigenvalue weighted by Gasteiger charge is -2.32. The van der Waals surface area contributed by atoms with Crippen molar-refractivity contribution in [2.75, 3.05) is 13.2 Å². The number of esters is 2. The minimum Gasteiger partial charge on any atom is -0.465 e. The second kappa shape index (κ2) is 8.83. The predicted octanol–water partition coefficient (Wildman–Crippen LogP) is 3.44. The van der Waals surface area contributed by atoms with Crippen molar-refractivity contribution in [1.29, 1.82) is 0 Å². The van der Waals surface area contributed by atoms with Crippen molar-refractivity contribution in [2.45, 2.75) is 85.4 Å². The van der Waals surface area contributed by atoms with E-state index in [-0.39, 0.29) is 28.9 Å². The van der Waals surface area contributed by atoms with Crippen molar-refractivity contribution in [3.63, 3.8) is 0 Å². The summed E-state index contributed by atoms with van der Waals surface area (Å²) in [5.74, 6) is 1.31. The fraction of sp³-hybridized carbons (Fsp3) is 0.773. The molecule has 0 radical (unpaired) electrons. The highest BCUT2D eigenvalue weighted by molar-refractivity contribution is 6.51. The normalized spacial score (nSPS) is 23.9. The van der Waals surface area contributed by atoms with Gasteiger partial charge in [-0.25, -0.2) is 0 Å². The number of ketones is 1. The summed E-state index contributed by atoms with van der Waals surface area (Å²) in [4.78, 5) is 33.9. The Balaban J connectivity index is 0.000000248. The molecule has 0 spiro atoms. The maximum absolute atomic E-state index is 11.8. The third-order valence-electron chi connectivity index (χ3n) is 6.40. The number of carbonyl (C=O) groups is 3. The molecule has 3 aliphatic rings. The zero-order chi connectivity index (χ0) is 22.8. The van der Waals surface area contributed by atoms with Crippen LogP contribution >= 0.6 is 0 Å². The van der Waals surface area contributed by atoms with Gasteiger partial charge in [0.15, 0.2) is 0 Å². The van der Waals surface area contributed by atoms with E-state index >= 15 is 0 Å². The summed E-state index contributed by atoms with van der Waals surface area (Å²) in [7, 11) is -0.392. The molecular weight excluding hydrogens is 387 g/mol. The molecule has 0 amide bonds. The standard InChI is InChI=1S/C14H23BO4.C8H12O3/c1-6-17-11(16)14(7-8-14)9-10-15-18-12(2,3)13(4,5)19-15;1-3-11-7(10)8(4-5-8)6(2)9/h9-10H,6-8H2,1-5H3;3-5H2,1-2H3/b10-9+;. The lowest BCUT2D eigenvalue weighted by molar-refractivity contribution is -0.153. The Bertz CT molecular complexity index is 686. The van der Waals surface area contributed by atoms with Gasteiger partial charge in [0.05, 0.1) is 29.8 Å². The first-order valence-corrected chi connectivity index (χ1v) is 10.8. The molecule has 1 aliphatic heterocycles. The second-order valence-electron chi connectivity index (χ2n) is 9.22. The van der Waals surface area contributed by atoms with Gasteiger partial charge in [-0.2, -0.15) is 0 Å². The Kier molecular flexibility index (Phi) is 7.24. The molecule has 3 fully saturated rings. The first kappa shape index (κ1) is 24.6. The second-order valence-corrected chi connectivity index (χ2v) is 9.22. The summed E-state index contributed by atoms with van der Waals surface area (Å²) >= 11 is 0. The van der Waals surface area contributed by atoms with E-state index in [1.165, 1.54) is 6.92 Å². The molecule has 0 atom stereocenters. The molecule has 168 valence electrons. The van der Waals surface area contributed by atoms with Gasteiger partial charge in [0, 0.05) is 0 Å². The molecule has 0 aromatic heterocycles. The van der Waals surface area contributed by atoms with E-state index in [0.29, 0.717) is 26.1 Å². The van der Waals surface area contributed by atoms with Gasteiger partial charge in [-0.05, 0) is 74.1 Å². The summed E-state index contributed by atoms with van der Waals surface area (Å²) in [6, 6.07) is 0. The molecule has 1 saturated heterocycles. The number of rotatable bonds is 7. The highest BCUT2D eigenvalue weighted by atomic mass is 16.7. The Morgan fingerprint density at radius 3 is 1.70 bits per heavy atom. The highest BCUT2D eigenvalue weighted by Gasteiger charge is 2.55. The Labute approximate surface area is 180 Å². The van der Waals surface area contributed by atoms with Crippen LogP contribution in [0.4, 0.5) is 0 Å². The van der Waals surface area contributed by atoms with Crippen LogP contribution < -0.4 is 0 Å². The maximum Gasteiger partial charge on any atom is 0.486 e. The molecule has 2 aliphatic carbocycles. The van der Waals surface area contributed by atoms with Gasteiger partial charge >= 0.3 is 19.1 Å². The van der Waals surface area contributed by atoms with Gasteiger partial charge in [-0.15, -0.1) is 0 Å². The van der Waals surface area contributed by atoms with Crippen LogP contribution in [0.1, 0.15) is 74.1 Å². The van der Waals surface area contributed by atoms with Crippen LogP contribution in [0.5, 0.6) is 0 Å². The van der Waals surface area contributed by atoms with Gasteiger partial charge < -0.3 is 18.8 Å². The smallest absolute Gasteiger partial charge is 0.465 e. The molecule has 0 unspecified atom stereocenters. The van der Waals surface area contributed by atoms with E-state index < -0.39 is 17.9 Å². The van der Waals surface area contributed by atoms with Gasteiger partial charge in [0.25, 0.3) is 0 Å². The van der Waals surface area contributed by atoms with Crippen molar-refractivity contribution in [3.05, 3.63) is 12.1 Å². The lowest BCUT2D eigenvalue weighted by Crippen LogP contribution is -2.41. The van der Waals surface area contributed by atoms with Crippen LogP contribution in [-0.2, 0) is 33.2 Å². The van der Waals surface area contributed by atoms with E-state index in [1.54, 1.807) is 6.92 Å². The van der Waals surface area contributed by atoms with Gasteiger partial charge in [-0.3, -0.25) is 14.4 Å². The van der Waals surface area contributed by atoms with Crippen molar-refractivity contribution in [1.82, 2.24) is 0 Å². The summed E-state index contributed by atoms with van der Waals surface area (Å²) in [5, 5.41) is 0. The topological polar surface area (TPSA) is 88.1 Å². The van der Waals surface area contributed by atoms with Crippen LogP contribution in [-0.4, -0.2) is 49.3 Å². The van der Waals surface area contributed by atoms with Crippen molar-refractivity contribution in [3.8, 4) is 0 Å². The average Bonchev–Trinajstić information content (AvgIpc) is 3.53. The van der Waals surface area contributed by atoms with Gasteiger partial charge in [0.2, 0.25) is 0 Å². The first-order chi connectivity index (χ1) is 13.9. The van der Waals surface area contributed by atoms with E-state index in [1.807, 2.05) is 46.7 Å². The summed E-state index contributed by atoms with van der Waals surface area (Å²) in [5.41, 5.74) is -1.86. The minimum atomic E-state index is -0.740. The molecule has 0 N–H and O–H groups in total. The Morgan fingerprint density at radius 2 is 1.33 bits per heavy atom. The predicted molar refractivity (Wildman–Crippen MR) is 113 cm³/mol. The quantitative estimate of drug-likeness (QED) is 0.353. The van der Waals surface area contributed by atoms with Gasteiger partial charge in [0.1, 0.15) is 11.2 Å². The number of ether oxygens (including phenoxy) is 2. The van der Waals surface area contributed by atoms with E-state index in [2.05, 4.69) is 0 Å². The van der Waals surface area contributed by atoms with Crippen LogP contribution in [0.15, 0.2) is 12.1 Å². The Hall–Kier alpha value is -1.67. The van der Waals surface area contributed by atoms with Gasteiger partial charge in [-0.1, -0.05) is 12.1 Å². The lowest BCUT2D eigenvalue weighted by atomic mass is 9.87. The number of carbonyl (C=O) groups excluding carboxylic acids is 3. The molecule has 8 heteroatoms. The SMILES string of the molecule is CCOC(=O)C1(/C=C/B2OC(C)(C)C(C)(C)O2)CC1.CCOC(=O)C1(C(C)=O)CC1. The van der Waals surface area contributed by atoms with E-state index in [0.717, 1.165) is 12.8 Å². The summed E-state index contributed by atoms with van der Waals surface area (Å²) in [6.07, 6.45) is 4.93. The van der Waals surface area contributed by atoms with E-state index in [9.17, 15) is 14.4 Å². The third-order valence-corrected chi connectivity index (χ3v) is 6.40. The molecule has 3 rings (SSSR count). The molecule has 7 nitrogen and oxygen atoms in total. The monoisotopic (exact) mass is 422 g/mol. The fourth-order valence-corrected chi connectivity index (χ4v) is 3.17. The van der Waals surface area contributed by atoms with Crippen LogP contribution in [0.25, 0.3) is 0 Å². The zero-order valence-electron chi connectivity index (χ0n) is 19.3. The molecule has 0 aromatic rings. The van der Waals surface area contributed by atoms with Crippen molar-refractivity contribution in [2.24, 2.45) is 10.8 Å². The summed E-state index contributed by atoms with van der Waals surface area (Å²) < 4.78 is 21.6. The van der Waals surface area contributed by atoms with Crippen molar-refractivity contribution >= 4 is 24.8 Å². The number of Topliss-reactive ketones (excluding diaryl/α,β-unsaturated/α-hetero) is 1. The first-order valence-electron chi connectivity index (χ1n) is 10.8.